The molecule has 0 N–H and O–H groups in total. The second-order valence-electron chi connectivity index (χ2n) is 11.1. The predicted octanol–water partition coefficient (Wildman–Crippen LogP) is 3.69. The molecule has 0 aromatic rings. The predicted molar refractivity (Wildman–Crippen MR) is 103 cm³/mol. The summed E-state index contributed by atoms with van der Waals surface area (Å²) in [6, 6.07) is 0. The van der Waals surface area contributed by atoms with Crippen LogP contribution in [0.2, 0.25) is 0 Å². The minimum atomic E-state index is 0.338. The van der Waals surface area contributed by atoms with E-state index in [-0.39, 0.29) is 0 Å². The van der Waals surface area contributed by atoms with Crippen LogP contribution in [0.5, 0.6) is 0 Å². The van der Waals surface area contributed by atoms with E-state index >= 15 is 0 Å². The molecular formula is C21H41N3. The van der Waals surface area contributed by atoms with E-state index in [1.807, 2.05) is 0 Å². The summed E-state index contributed by atoms with van der Waals surface area (Å²) < 4.78 is 0. The molecule has 3 fully saturated rings. The zero-order valence-electron chi connectivity index (χ0n) is 17.4. The third-order valence-corrected chi connectivity index (χ3v) is 6.93. The monoisotopic (exact) mass is 335 g/mol. The van der Waals surface area contributed by atoms with Crippen molar-refractivity contribution in [3.05, 3.63) is 0 Å². The lowest BCUT2D eigenvalue weighted by Gasteiger charge is -2.52. The Balaban J connectivity index is 1.44. The number of hydrogen-bond acceptors (Lipinski definition) is 3. The molecule has 3 saturated heterocycles. The van der Waals surface area contributed by atoms with Crippen LogP contribution in [0.1, 0.15) is 67.7 Å². The van der Waals surface area contributed by atoms with Gasteiger partial charge in [-0.25, -0.2) is 0 Å². The van der Waals surface area contributed by atoms with Gasteiger partial charge in [0, 0.05) is 49.3 Å². The Labute approximate surface area is 150 Å². The second kappa shape index (κ2) is 6.25. The molecule has 140 valence electrons. The van der Waals surface area contributed by atoms with Crippen LogP contribution in [0.15, 0.2) is 0 Å². The third kappa shape index (κ3) is 4.16. The maximum atomic E-state index is 2.76. The molecule has 3 heteroatoms. The molecule has 3 nitrogen and oxygen atoms in total. The van der Waals surface area contributed by atoms with E-state index < -0.39 is 0 Å². The third-order valence-electron chi connectivity index (χ3n) is 6.93. The van der Waals surface area contributed by atoms with Crippen molar-refractivity contribution in [1.82, 2.24) is 14.7 Å². The van der Waals surface area contributed by atoms with Crippen LogP contribution in [0.25, 0.3) is 0 Å². The highest BCUT2D eigenvalue weighted by Gasteiger charge is 2.44. The largest absolute Gasteiger partial charge is 0.298 e. The summed E-state index contributed by atoms with van der Waals surface area (Å²) in [4.78, 5) is 8.06. The Hall–Kier alpha value is -0.120. The quantitative estimate of drug-likeness (QED) is 0.685. The average Bonchev–Trinajstić information content (AvgIpc) is 3.14. The summed E-state index contributed by atoms with van der Waals surface area (Å²) in [5, 5.41) is 0. The van der Waals surface area contributed by atoms with Gasteiger partial charge in [-0.3, -0.25) is 14.7 Å². The fraction of sp³-hybridized carbons (Fsp3) is 1.00. The van der Waals surface area contributed by atoms with Crippen molar-refractivity contribution in [1.29, 1.82) is 0 Å². The Morgan fingerprint density at radius 2 is 1.12 bits per heavy atom. The van der Waals surface area contributed by atoms with Gasteiger partial charge in [-0.1, -0.05) is 0 Å². The zero-order chi connectivity index (χ0) is 17.8. The fourth-order valence-electron chi connectivity index (χ4n) is 5.13. The van der Waals surface area contributed by atoms with E-state index in [0.29, 0.717) is 16.6 Å². The topological polar surface area (TPSA) is 9.49 Å². The van der Waals surface area contributed by atoms with E-state index in [1.165, 1.54) is 58.5 Å². The summed E-state index contributed by atoms with van der Waals surface area (Å²) in [5.41, 5.74) is 1.14. The highest BCUT2D eigenvalue weighted by atomic mass is 15.3. The van der Waals surface area contributed by atoms with Gasteiger partial charge in [0.1, 0.15) is 0 Å². The molecule has 3 aliphatic rings. The highest BCUT2D eigenvalue weighted by Crippen LogP contribution is 2.39. The van der Waals surface area contributed by atoms with E-state index in [4.69, 9.17) is 0 Å². The average molecular weight is 336 g/mol. The number of hydrogen-bond donors (Lipinski definition) is 0. The van der Waals surface area contributed by atoms with Gasteiger partial charge in [0.2, 0.25) is 0 Å². The van der Waals surface area contributed by atoms with E-state index in [0.717, 1.165) is 11.8 Å². The molecule has 3 aliphatic heterocycles. The molecule has 0 aliphatic carbocycles. The van der Waals surface area contributed by atoms with Crippen LogP contribution in [-0.2, 0) is 0 Å². The Morgan fingerprint density at radius 3 is 1.62 bits per heavy atom. The van der Waals surface area contributed by atoms with Crippen molar-refractivity contribution >= 4 is 0 Å². The lowest BCUT2D eigenvalue weighted by atomic mass is 9.80. The van der Waals surface area contributed by atoms with Crippen molar-refractivity contribution in [3.63, 3.8) is 0 Å². The van der Waals surface area contributed by atoms with E-state index in [2.05, 4.69) is 63.2 Å². The van der Waals surface area contributed by atoms with Gasteiger partial charge in [-0.2, -0.15) is 0 Å². The molecule has 0 saturated carbocycles. The molecule has 24 heavy (non-hydrogen) atoms. The first-order valence-electron chi connectivity index (χ1n) is 10.2. The van der Waals surface area contributed by atoms with Gasteiger partial charge in [-0.15, -0.1) is 0 Å². The van der Waals surface area contributed by atoms with Crippen molar-refractivity contribution in [2.24, 2.45) is 11.8 Å². The van der Waals surface area contributed by atoms with Crippen molar-refractivity contribution in [2.45, 2.75) is 84.3 Å². The molecule has 0 spiro atoms. The molecule has 1 unspecified atom stereocenters. The summed E-state index contributed by atoms with van der Waals surface area (Å²) in [6.45, 7) is 24.8. The summed E-state index contributed by atoms with van der Waals surface area (Å²) >= 11 is 0. The first-order chi connectivity index (χ1) is 11.0. The number of nitrogens with zero attached hydrogens (tertiary/aromatic N) is 3. The summed E-state index contributed by atoms with van der Waals surface area (Å²) in [7, 11) is 0. The van der Waals surface area contributed by atoms with E-state index in [9.17, 15) is 0 Å². The Morgan fingerprint density at radius 1 is 0.625 bits per heavy atom. The van der Waals surface area contributed by atoms with Gasteiger partial charge in [0.15, 0.2) is 0 Å². The minimum absolute atomic E-state index is 0.338. The second-order valence-corrected chi connectivity index (χ2v) is 11.1. The molecule has 0 amide bonds. The number of likely N-dealkylation sites (tertiary alicyclic amines) is 2. The van der Waals surface area contributed by atoms with Crippen molar-refractivity contribution in [2.75, 3.05) is 39.3 Å². The van der Waals surface area contributed by atoms with Crippen molar-refractivity contribution < 1.29 is 0 Å². The lowest BCUT2D eigenvalue weighted by molar-refractivity contribution is -0.0246. The van der Waals surface area contributed by atoms with Gasteiger partial charge >= 0.3 is 0 Å². The fourth-order valence-corrected chi connectivity index (χ4v) is 5.13. The highest BCUT2D eigenvalue weighted by molar-refractivity contribution is 4.99. The van der Waals surface area contributed by atoms with Gasteiger partial charge in [0.05, 0.1) is 0 Å². The maximum Gasteiger partial charge on any atom is 0.0157 e. The first-order valence-corrected chi connectivity index (χ1v) is 10.2. The normalized spacial score (nSPS) is 28.4. The van der Waals surface area contributed by atoms with Crippen LogP contribution < -0.4 is 0 Å². The Bertz CT molecular complexity index is 438. The van der Waals surface area contributed by atoms with Gasteiger partial charge < -0.3 is 0 Å². The van der Waals surface area contributed by atoms with E-state index in [1.54, 1.807) is 0 Å². The van der Waals surface area contributed by atoms with Gasteiger partial charge in [-0.05, 0) is 86.1 Å². The lowest BCUT2D eigenvalue weighted by Crippen LogP contribution is -2.59. The molecule has 0 aromatic carbocycles. The van der Waals surface area contributed by atoms with Crippen molar-refractivity contribution in [3.8, 4) is 0 Å². The van der Waals surface area contributed by atoms with Crippen LogP contribution >= 0.6 is 0 Å². The molecule has 3 rings (SSSR count). The molecular weight excluding hydrogens is 294 g/mol. The maximum absolute atomic E-state index is 2.76. The zero-order valence-corrected chi connectivity index (χ0v) is 17.4. The standard InChI is InChI=1S/C21H41N3/c1-19(2,3)23-9-8-17(14-23)12-21(6,7)24-15-18(16-24)13-20(4,5)22-10-11-22/h17-18H,8-16H2,1-7H3. The van der Waals surface area contributed by atoms with Crippen LogP contribution in [-0.4, -0.2) is 70.6 Å². The first kappa shape index (κ1) is 18.7. The molecule has 0 radical (unpaired) electrons. The summed E-state index contributed by atoms with van der Waals surface area (Å²) in [6.07, 6.45) is 4.13. The Kier molecular flexibility index (Phi) is 4.86. The van der Waals surface area contributed by atoms with Crippen LogP contribution in [0.4, 0.5) is 0 Å². The molecule has 1 atom stereocenters. The minimum Gasteiger partial charge on any atom is -0.298 e. The SMILES string of the molecule is CC(C)(C)N1CCC(CC(C)(C)N2CC(CC(C)(C)N3CC3)C2)C1. The number of rotatable bonds is 6. The molecule has 0 bridgehead atoms. The smallest absolute Gasteiger partial charge is 0.0157 e. The molecule has 0 aromatic heterocycles. The molecule has 3 heterocycles. The van der Waals surface area contributed by atoms with Crippen LogP contribution in [0.3, 0.4) is 0 Å². The van der Waals surface area contributed by atoms with Gasteiger partial charge in [0.25, 0.3) is 0 Å². The summed E-state index contributed by atoms with van der Waals surface area (Å²) in [5.74, 6) is 1.79. The van der Waals surface area contributed by atoms with Crippen LogP contribution in [0, 0.1) is 11.8 Å².